The number of anilines is 1. The Hall–Kier alpha value is -2.76. The van der Waals surface area contributed by atoms with Crippen molar-refractivity contribution in [3.05, 3.63) is 89.4 Å². The highest BCUT2D eigenvalue weighted by Gasteiger charge is 2.27. The van der Waals surface area contributed by atoms with Crippen molar-refractivity contribution in [3.63, 3.8) is 0 Å². The number of halogens is 1. The lowest BCUT2D eigenvalue weighted by Gasteiger charge is -2.22. The van der Waals surface area contributed by atoms with Crippen molar-refractivity contribution in [3.8, 4) is 0 Å². The summed E-state index contributed by atoms with van der Waals surface area (Å²) < 4.78 is 50.2. The van der Waals surface area contributed by atoms with Crippen LogP contribution >= 0.6 is 11.6 Å². The van der Waals surface area contributed by atoms with Crippen LogP contribution in [-0.2, 0) is 31.4 Å². The van der Waals surface area contributed by atoms with Gasteiger partial charge in [0, 0.05) is 17.3 Å². The summed E-state index contributed by atoms with van der Waals surface area (Å²) in [5.74, 6) is -0.596. The number of carbonyl (C=O) groups is 1. The first-order valence-corrected chi connectivity index (χ1v) is 12.6. The molecule has 0 saturated heterocycles. The van der Waals surface area contributed by atoms with Crippen LogP contribution in [0.1, 0.15) is 5.56 Å². The van der Waals surface area contributed by atoms with E-state index < -0.39 is 32.5 Å². The van der Waals surface area contributed by atoms with E-state index in [4.69, 9.17) is 16.7 Å². The molecule has 3 rings (SSSR count). The fourth-order valence-corrected chi connectivity index (χ4v) is 4.88. The Morgan fingerprint density at radius 1 is 0.844 bits per heavy atom. The third-order valence-corrected chi connectivity index (χ3v) is 7.43. The predicted octanol–water partition coefficient (Wildman–Crippen LogP) is 2.82. The summed E-state index contributed by atoms with van der Waals surface area (Å²) >= 11 is 5.87. The maximum absolute atomic E-state index is 13.2. The highest BCUT2D eigenvalue weighted by Crippen LogP contribution is 2.21. The van der Waals surface area contributed by atoms with Crippen LogP contribution in [0.5, 0.6) is 0 Å². The zero-order chi connectivity index (χ0) is 23.4. The maximum Gasteiger partial charge on any atom is 0.243 e. The van der Waals surface area contributed by atoms with Gasteiger partial charge in [0.1, 0.15) is 0 Å². The molecule has 0 unspecified atom stereocenters. The lowest BCUT2D eigenvalue weighted by molar-refractivity contribution is -0.116. The molecule has 0 aliphatic carbocycles. The lowest BCUT2D eigenvalue weighted by Crippen LogP contribution is -2.37. The summed E-state index contributed by atoms with van der Waals surface area (Å²) in [6.45, 7) is -0.486. The van der Waals surface area contributed by atoms with E-state index in [2.05, 4.69) is 5.32 Å². The molecule has 11 heteroatoms. The highest BCUT2D eigenvalue weighted by molar-refractivity contribution is 7.89. The fourth-order valence-electron chi connectivity index (χ4n) is 2.86. The standard InChI is InChI=1S/C21H20ClN3O5S2/c22-17-6-10-20(11-7-17)32(29,30)25(14-16-4-2-1-3-5-16)15-21(26)24-18-8-12-19(13-9-18)31(23,27)28/h1-13H,14-15H2,(H,24,26)(H2,23,27,28). The Morgan fingerprint density at radius 3 is 1.97 bits per heavy atom. The molecular weight excluding hydrogens is 474 g/mol. The van der Waals surface area contributed by atoms with Gasteiger partial charge in [-0.3, -0.25) is 4.79 Å². The van der Waals surface area contributed by atoms with Gasteiger partial charge in [-0.15, -0.1) is 0 Å². The highest BCUT2D eigenvalue weighted by atomic mass is 35.5. The SMILES string of the molecule is NS(=O)(=O)c1ccc(NC(=O)CN(Cc2ccccc2)S(=O)(=O)c2ccc(Cl)cc2)cc1. The first kappa shape index (κ1) is 23.9. The molecule has 0 spiro atoms. The van der Waals surface area contributed by atoms with Gasteiger partial charge in [0.05, 0.1) is 16.3 Å². The number of hydrogen-bond acceptors (Lipinski definition) is 5. The minimum Gasteiger partial charge on any atom is -0.325 e. The molecule has 0 aliphatic rings. The van der Waals surface area contributed by atoms with Gasteiger partial charge in [-0.25, -0.2) is 22.0 Å². The summed E-state index contributed by atoms with van der Waals surface area (Å²) in [6, 6.07) is 19.8. The van der Waals surface area contributed by atoms with E-state index in [0.29, 0.717) is 16.3 Å². The van der Waals surface area contributed by atoms with Gasteiger partial charge in [0.2, 0.25) is 26.0 Å². The van der Waals surface area contributed by atoms with Gasteiger partial charge in [-0.1, -0.05) is 41.9 Å². The summed E-state index contributed by atoms with van der Waals surface area (Å²) in [5.41, 5.74) is 1.00. The molecule has 1 amide bonds. The van der Waals surface area contributed by atoms with Gasteiger partial charge >= 0.3 is 0 Å². The second-order valence-corrected chi connectivity index (χ2v) is 10.8. The number of sulfonamides is 2. The Kier molecular flexibility index (Phi) is 7.32. The molecule has 0 aromatic heterocycles. The minimum atomic E-state index is -4.01. The van der Waals surface area contributed by atoms with E-state index in [1.54, 1.807) is 30.3 Å². The normalized spacial score (nSPS) is 12.0. The van der Waals surface area contributed by atoms with E-state index in [-0.39, 0.29) is 16.3 Å². The van der Waals surface area contributed by atoms with Crippen molar-refractivity contribution in [2.24, 2.45) is 5.14 Å². The maximum atomic E-state index is 13.2. The molecule has 168 valence electrons. The summed E-state index contributed by atoms with van der Waals surface area (Å²) in [6.07, 6.45) is 0. The van der Waals surface area contributed by atoms with Gasteiger partial charge in [-0.05, 0) is 54.1 Å². The van der Waals surface area contributed by atoms with Crippen LogP contribution in [0.3, 0.4) is 0 Å². The van der Waals surface area contributed by atoms with Crippen LogP contribution in [-0.4, -0.2) is 33.6 Å². The molecule has 0 atom stereocenters. The van der Waals surface area contributed by atoms with Crippen molar-refractivity contribution >= 4 is 43.2 Å². The number of nitrogens with one attached hydrogen (secondary N) is 1. The molecule has 3 aromatic carbocycles. The lowest BCUT2D eigenvalue weighted by atomic mass is 10.2. The summed E-state index contributed by atoms with van der Waals surface area (Å²) in [7, 11) is -7.88. The second-order valence-electron chi connectivity index (χ2n) is 6.83. The minimum absolute atomic E-state index is 0.00290. The number of primary sulfonamides is 1. The molecule has 0 heterocycles. The Labute approximate surface area is 191 Å². The van der Waals surface area contributed by atoms with Gasteiger partial charge in [-0.2, -0.15) is 4.31 Å². The molecule has 3 N–H and O–H groups in total. The average molecular weight is 494 g/mol. The van der Waals surface area contributed by atoms with Crippen LogP contribution in [0.15, 0.2) is 88.7 Å². The zero-order valence-electron chi connectivity index (χ0n) is 16.7. The van der Waals surface area contributed by atoms with Crippen molar-refractivity contribution < 1.29 is 21.6 Å². The van der Waals surface area contributed by atoms with Crippen molar-refractivity contribution in [1.29, 1.82) is 0 Å². The predicted molar refractivity (Wildman–Crippen MR) is 122 cm³/mol. The van der Waals surface area contributed by atoms with Crippen LogP contribution in [0.4, 0.5) is 5.69 Å². The van der Waals surface area contributed by atoms with Crippen LogP contribution in [0, 0.1) is 0 Å². The molecular formula is C21H20ClN3O5S2. The number of amides is 1. The third kappa shape index (κ3) is 6.15. The molecule has 0 fully saturated rings. The number of nitrogens with zero attached hydrogens (tertiary/aromatic N) is 1. The van der Waals surface area contributed by atoms with E-state index in [1.807, 2.05) is 0 Å². The molecule has 32 heavy (non-hydrogen) atoms. The van der Waals surface area contributed by atoms with Crippen LogP contribution < -0.4 is 10.5 Å². The molecule has 3 aromatic rings. The van der Waals surface area contributed by atoms with Gasteiger partial charge in [0.15, 0.2) is 0 Å². The first-order chi connectivity index (χ1) is 15.1. The third-order valence-electron chi connectivity index (χ3n) is 4.44. The van der Waals surface area contributed by atoms with Crippen molar-refractivity contribution in [2.45, 2.75) is 16.3 Å². The summed E-state index contributed by atoms with van der Waals surface area (Å²) in [4.78, 5) is 12.5. The number of rotatable bonds is 8. The van der Waals surface area contributed by atoms with E-state index in [0.717, 1.165) is 4.31 Å². The smallest absolute Gasteiger partial charge is 0.243 e. The van der Waals surface area contributed by atoms with Gasteiger partial charge < -0.3 is 5.32 Å². The van der Waals surface area contributed by atoms with Crippen molar-refractivity contribution in [1.82, 2.24) is 4.31 Å². The molecule has 0 saturated carbocycles. The molecule has 8 nitrogen and oxygen atoms in total. The van der Waals surface area contributed by atoms with Crippen LogP contribution in [0.25, 0.3) is 0 Å². The number of nitrogens with two attached hydrogens (primary N) is 1. The largest absolute Gasteiger partial charge is 0.325 e. The van der Waals surface area contributed by atoms with Gasteiger partial charge in [0.25, 0.3) is 0 Å². The Bertz CT molecular complexity index is 1300. The Morgan fingerprint density at radius 2 is 1.41 bits per heavy atom. The van der Waals surface area contributed by atoms with E-state index >= 15 is 0 Å². The molecule has 0 radical (unpaired) electrons. The monoisotopic (exact) mass is 493 g/mol. The van der Waals surface area contributed by atoms with E-state index in [1.165, 1.54) is 48.5 Å². The average Bonchev–Trinajstić information content (AvgIpc) is 2.74. The number of benzene rings is 3. The fraction of sp³-hybridized carbons (Fsp3) is 0.0952. The Balaban J connectivity index is 1.83. The van der Waals surface area contributed by atoms with Crippen molar-refractivity contribution in [2.75, 3.05) is 11.9 Å². The topological polar surface area (TPSA) is 127 Å². The number of carbonyl (C=O) groups excluding carboxylic acids is 1. The summed E-state index contributed by atoms with van der Waals surface area (Å²) in [5, 5.41) is 8.02. The second kappa shape index (κ2) is 9.80. The molecule has 0 bridgehead atoms. The quantitative estimate of drug-likeness (QED) is 0.499. The molecule has 0 aliphatic heterocycles. The zero-order valence-corrected chi connectivity index (χ0v) is 19.1. The number of hydrogen-bond donors (Lipinski definition) is 2. The first-order valence-electron chi connectivity index (χ1n) is 9.28. The van der Waals surface area contributed by atoms with Crippen LogP contribution in [0.2, 0.25) is 5.02 Å². The van der Waals surface area contributed by atoms with E-state index in [9.17, 15) is 21.6 Å².